The van der Waals surface area contributed by atoms with Crippen molar-refractivity contribution >= 4 is 22.4 Å². The van der Waals surface area contributed by atoms with E-state index in [4.69, 9.17) is 11.6 Å². The number of aromatic nitrogens is 3. The fourth-order valence-corrected chi connectivity index (χ4v) is 3.01. The quantitative estimate of drug-likeness (QED) is 0.810. The van der Waals surface area contributed by atoms with Crippen LogP contribution in [-0.4, -0.2) is 20.3 Å². The summed E-state index contributed by atoms with van der Waals surface area (Å²) in [5.74, 6) is -2.76. The Morgan fingerprint density at radius 3 is 2.71 bits per heavy atom. The molecule has 0 amide bonds. The van der Waals surface area contributed by atoms with E-state index in [1.54, 1.807) is 0 Å². The van der Waals surface area contributed by atoms with Crippen molar-refractivity contribution in [3.8, 4) is 0 Å². The van der Waals surface area contributed by atoms with Crippen LogP contribution in [0.2, 0.25) is 5.15 Å². The van der Waals surface area contributed by atoms with Gasteiger partial charge in [0.25, 0.3) is 11.1 Å². The number of hydrogen-bond donors (Lipinski definition) is 0. The molecule has 0 bridgehead atoms. The fourth-order valence-electron chi connectivity index (χ4n) is 2.74. The van der Waals surface area contributed by atoms with E-state index in [-0.39, 0.29) is 29.8 Å². The summed E-state index contributed by atoms with van der Waals surface area (Å²) in [4.78, 5) is 24.1. The van der Waals surface area contributed by atoms with Crippen molar-refractivity contribution in [2.24, 2.45) is 7.05 Å². The van der Waals surface area contributed by atoms with Crippen LogP contribution < -0.4 is 11.1 Å². The SMILES string of the molecule is Cn1nc(Cl)c2cn(C3CCC(F)(F)C3)c(=O)cc2c1=O. The molecule has 5 nitrogen and oxygen atoms in total. The Hall–Kier alpha value is -1.76. The van der Waals surface area contributed by atoms with E-state index in [0.29, 0.717) is 5.39 Å². The van der Waals surface area contributed by atoms with E-state index in [0.717, 1.165) is 10.7 Å². The molecule has 0 aromatic carbocycles. The average molecular weight is 316 g/mol. The number of rotatable bonds is 1. The average Bonchev–Trinajstić information content (AvgIpc) is 2.76. The van der Waals surface area contributed by atoms with Gasteiger partial charge in [0.2, 0.25) is 5.92 Å². The van der Waals surface area contributed by atoms with Crippen LogP contribution in [0.25, 0.3) is 10.8 Å². The summed E-state index contributed by atoms with van der Waals surface area (Å²) >= 11 is 5.99. The first-order valence-electron chi connectivity index (χ1n) is 6.45. The standard InChI is InChI=1S/C13H12ClF2N3O2/c1-18-12(21)8-4-10(20)19(6-9(8)11(14)17-18)7-2-3-13(15,16)5-7/h4,6-7H,2-3,5H2,1H3. The summed E-state index contributed by atoms with van der Waals surface area (Å²) in [6, 6.07) is 0.554. The predicted octanol–water partition coefficient (Wildman–Crippen LogP) is 2.11. The van der Waals surface area contributed by atoms with Crippen molar-refractivity contribution < 1.29 is 8.78 Å². The number of nitrogens with zero attached hydrogens (tertiary/aromatic N) is 3. The van der Waals surface area contributed by atoms with Crippen LogP contribution in [0.1, 0.15) is 25.3 Å². The van der Waals surface area contributed by atoms with E-state index in [1.807, 2.05) is 0 Å². The molecule has 1 aliphatic carbocycles. The van der Waals surface area contributed by atoms with E-state index in [2.05, 4.69) is 5.10 Å². The summed E-state index contributed by atoms with van der Waals surface area (Å²) in [6.07, 6.45) is 0.952. The van der Waals surface area contributed by atoms with Crippen LogP contribution >= 0.6 is 11.6 Å². The number of halogens is 3. The van der Waals surface area contributed by atoms with Gasteiger partial charge in [-0.3, -0.25) is 9.59 Å². The van der Waals surface area contributed by atoms with Crippen LogP contribution in [0.15, 0.2) is 21.9 Å². The molecule has 0 aliphatic heterocycles. The molecule has 21 heavy (non-hydrogen) atoms. The lowest BCUT2D eigenvalue weighted by atomic mass is 10.2. The molecule has 2 aromatic rings. The number of hydrogen-bond acceptors (Lipinski definition) is 3. The lowest BCUT2D eigenvalue weighted by Crippen LogP contribution is -2.27. The van der Waals surface area contributed by atoms with Gasteiger partial charge in [0.05, 0.1) is 5.39 Å². The molecule has 112 valence electrons. The van der Waals surface area contributed by atoms with E-state index < -0.39 is 23.1 Å². The van der Waals surface area contributed by atoms with Crippen molar-refractivity contribution in [3.63, 3.8) is 0 Å². The number of aryl methyl sites for hydroxylation is 1. The molecule has 2 heterocycles. The summed E-state index contributed by atoms with van der Waals surface area (Å²) in [5.41, 5.74) is -0.931. The number of alkyl halides is 2. The third-order valence-electron chi connectivity index (χ3n) is 3.84. The minimum atomic E-state index is -2.76. The second-order valence-corrected chi connectivity index (χ2v) is 5.68. The first-order valence-corrected chi connectivity index (χ1v) is 6.83. The Morgan fingerprint density at radius 1 is 1.38 bits per heavy atom. The van der Waals surface area contributed by atoms with Crippen LogP contribution in [-0.2, 0) is 7.05 Å². The maximum atomic E-state index is 13.3. The number of fused-ring (bicyclic) bond motifs is 1. The molecule has 1 fully saturated rings. The third-order valence-corrected chi connectivity index (χ3v) is 4.12. The maximum absolute atomic E-state index is 13.3. The zero-order chi connectivity index (χ0) is 15.4. The van der Waals surface area contributed by atoms with Crippen LogP contribution in [0.5, 0.6) is 0 Å². The highest BCUT2D eigenvalue weighted by Crippen LogP contribution is 2.41. The van der Waals surface area contributed by atoms with Gasteiger partial charge in [0.1, 0.15) is 0 Å². The largest absolute Gasteiger partial charge is 0.311 e. The van der Waals surface area contributed by atoms with Crippen molar-refractivity contribution in [1.29, 1.82) is 0 Å². The second kappa shape index (κ2) is 4.62. The van der Waals surface area contributed by atoms with Gasteiger partial charge in [-0.05, 0) is 6.42 Å². The molecule has 2 aromatic heterocycles. The van der Waals surface area contributed by atoms with Gasteiger partial charge in [-0.25, -0.2) is 13.5 Å². The number of pyridine rings is 1. The Kier molecular flexibility index (Phi) is 3.12. The topological polar surface area (TPSA) is 56.9 Å². The molecule has 1 unspecified atom stereocenters. The first kappa shape index (κ1) is 14.2. The van der Waals surface area contributed by atoms with Gasteiger partial charge in [0.15, 0.2) is 5.15 Å². The van der Waals surface area contributed by atoms with Crippen LogP contribution in [0.3, 0.4) is 0 Å². The van der Waals surface area contributed by atoms with Crippen molar-refractivity contribution in [2.45, 2.75) is 31.2 Å². The zero-order valence-corrected chi connectivity index (χ0v) is 11.9. The molecule has 0 spiro atoms. The lowest BCUT2D eigenvalue weighted by Gasteiger charge is -2.15. The van der Waals surface area contributed by atoms with E-state index in [1.165, 1.54) is 17.8 Å². The predicted molar refractivity (Wildman–Crippen MR) is 74.1 cm³/mol. The van der Waals surface area contributed by atoms with Gasteiger partial charge in [-0.2, -0.15) is 5.10 Å². The maximum Gasteiger partial charge on any atom is 0.274 e. The van der Waals surface area contributed by atoms with E-state index >= 15 is 0 Å². The van der Waals surface area contributed by atoms with Gasteiger partial charge in [0, 0.05) is 43.6 Å². The van der Waals surface area contributed by atoms with Crippen LogP contribution in [0.4, 0.5) is 8.78 Å². The van der Waals surface area contributed by atoms with Crippen molar-refractivity contribution in [2.75, 3.05) is 0 Å². The molecule has 0 saturated heterocycles. The highest BCUT2D eigenvalue weighted by molar-refractivity contribution is 6.34. The fraction of sp³-hybridized carbons (Fsp3) is 0.462. The molecule has 3 rings (SSSR count). The Morgan fingerprint density at radius 2 is 2.10 bits per heavy atom. The molecule has 1 atom stereocenters. The second-order valence-electron chi connectivity index (χ2n) is 5.32. The molecular weight excluding hydrogens is 304 g/mol. The Bertz CT molecular complexity index is 844. The van der Waals surface area contributed by atoms with Gasteiger partial charge < -0.3 is 4.57 Å². The minimum absolute atomic E-state index is 0.0607. The Balaban J connectivity index is 2.21. The summed E-state index contributed by atoms with van der Waals surface area (Å²) in [6.45, 7) is 0. The monoisotopic (exact) mass is 315 g/mol. The summed E-state index contributed by atoms with van der Waals surface area (Å²) in [5, 5.41) is 4.34. The van der Waals surface area contributed by atoms with Gasteiger partial charge >= 0.3 is 0 Å². The lowest BCUT2D eigenvalue weighted by molar-refractivity contribution is 0.00553. The molecule has 8 heteroatoms. The normalized spacial score (nSPS) is 21.0. The van der Waals surface area contributed by atoms with Gasteiger partial charge in [-0.1, -0.05) is 11.6 Å². The van der Waals surface area contributed by atoms with Gasteiger partial charge in [-0.15, -0.1) is 0 Å². The molecule has 1 saturated carbocycles. The van der Waals surface area contributed by atoms with E-state index in [9.17, 15) is 18.4 Å². The smallest absolute Gasteiger partial charge is 0.274 e. The highest BCUT2D eigenvalue weighted by atomic mass is 35.5. The zero-order valence-electron chi connectivity index (χ0n) is 11.1. The molecule has 0 radical (unpaired) electrons. The first-order chi connectivity index (χ1) is 9.78. The van der Waals surface area contributed by atoms with Crippen LogP contribution in [0, 0.1) is 0 Å². The molecular formula is C13H12ClF2N3O2. The van der Waals surface area contributed by atoms with Crippen molar-refractivity contribution in [3.05, 3.63) is 38.1 Å². The summed E-state index contributed by atoms with van der Waals surface area (Å²) in [7, 11) is 1.43. The minimum Gasteiger partial charge on any atom is -0.311 e. The van der Waals surface area contributed by atoms with Crippen molar-refractivity contribution in [1.82, 2.24) is 14.3 Å². The third kappa shape index (κ3) is 2.35. The highest BCUT2D eigenvalue weighted by Gasteiger charge is 2.40. The molecule has 1 aliphatic rings. The summed E-state index contributed by atoms with van der Waals surface area (Å²) < 4.78 is 28.9. The Labute approximate surface area is 122 Å². The molecule has 0 N–H and O–H groups in total.